The van der Waals surface area contributed by atoms with E-state index in [0.717, 1.165) is 5.75 Å². The van der Waals surface area contributed by atoms with Crippen molar-refractivity contribution in [3.8, 4) is 0 Å². The molecule has 1 rings (SSSR count). The Balaban J connectivity index is 1.99. The molecule has 0 saturated carbocycles. The largest absolute Gasteiger partial charge is 0.264 e. The van der Waals surface area contributed by atoms with E-state index in [1.54, 1.807) is 0 Å². The molecule has 0 saturated heterocycles. The van der Waals surface area contributed by atoms with Gasteiger partial charge in [0.25, 0.3) is 0 Å². The number of thioether (sulfide) groups is 1. The molecule has 0 amide bonds. The van der Waals surface area contributed by atoms with Crippen LogP contribution in [0.2, 0.25) is 0 Å². The normalized spacial score (nSPS) is 10.7. The van der Waals surface area contributed by atoms with Crippen LogP contribution in [0.3, 0.4) is 0 Å². The van der Waals surface area contributed by atoms with Gasteiger partial charge in [-0.05, 0) is 36.3 Å². The Hall–Kier alpha value is -0.500. The highest BCUT2D eigenvalue weighted by atomic mass is 32.2. The van der Waals surface area contributed by atoms with Crippen LogP contribution in [0.25, 0.3) is 0 Å². The average molecular weight is 251 g/mol. The quantitative estimate of drug-likeness (QED) is 0.574. The zero-order valence-corrected chi connectivity index (χ0v) is 12.1. The predicted molar refractivity (Wildman–Crippen MR) is 78.5 cm³/mol. The van der Waals surface area contributed by atoms with Gasteiger partial charge >= 0.3 is 0 Å². The molecule has 96 valence electrons. The molecule has 17 heavy (non-hydrogen) atoms. The number of aromatic nitrogens is 1. The van der Waals surface area contributed by atoms with Crippen molar-refractivity contribution in [2.24, 2.45) is 0 Å². The zero-order valence-electron chi connectivity index (χ0n) is 11.2. The van der Waals surface area contributed by atoms with Crippen LogP contribution in [0.1, 0.15) is 56.6 Å². The summed E-state index contributed by atoms with van der Waals surface area (Å²) < 4.78 is 0. The van der Waals surface area contributed by atoms with Crippen molar-refractivity contribution in [2.45, 2.75) is 58.1 Å². The van der Waals surface area contributed by atoms with Gasteiger partial charge in [0.05, 0.1) is 0 Å². The van der Waals surface area contributed by atoms with Crippen molar-refractivity contribution in [3.05, 3.63) is 29.6 Å². The Kier molecular flexibility index (Phi) is 8.16. The summed E-state index contributed by atoms with van der Waals surface area (Å²) in [6.45, 7) is 4.42. The minimum absolute atomic E-state index is 1.14. The summed E-state index contributed by atoms with van der Waals surface area (Å²) in [5, 5.41) is 0. The van der Waals surface area contributed by atoms with Gasteiger partial charge in [0.2, 0.25) is 0 Å². The van der Waals surface area contributed by atoms with Crippen LogP contribution < -0.4 is 0 Å². The van der Waals surface area contributed by atoms with E-state index in [1.807, 2.05) is 12.4 Å². The third-order valence-corrected chi connectivity index (χ3v) is 4.13. The van der Waals surface area contributed by atoms with Crippen LogP contribution in [-0.2, 0) is 5.75 Å². The molecule has 0 aliphatic carbocycles. The summed E-state index contributed by atoms with van der Waals surface area (Å²) in [6.07, 6.45) is 12.2. The van der Waals surface area contributed by atoms with Crippen LogP contribution in [-0.4, -0.2) is 10.7 Å². The highest BCUT2D eigenvalue weighted by Crippen LogP contribution is 2.17. The molecule has 1 heterocycles. The van der Waals surface area contributed by atoms with Crippen LogP contribution in [0, 0.1) is 6.92 Å². The van der Waals surface area contributed by atoms with Gasteiger partial charge in [-0.2, -0.15) is 11.8 Å². The number of hydrogen-bond acceptors (Lipinski definition) is 2. The van der Waals surface area contributed by atoms with Gasteiger partial charge in [-0.25, -0.2) is 0 Å². The number of aryl methyl sites for hydroxylation is 1. The fourth-order valence-corrected chi connectivity index (χ4v) is 2.93. The molecule has 1 aromatic rings. The second-order valence-corrected chi connectivity index (χ2v) is 5.73. The van der Waals surface area contributed by atoms with E-state index in [-0.39, 0.29) is 0 Å². The van der Waals surface area contributed by atoms with E-state index in [9.17, 15) is 0 Å². The number of nitrogens with zero attached hydrogens (tertiary/aromatic N) is 1. The standard InChI is InChI=1S/C15H25NS/c1-3-4-5-6-7-8-11-17-13-15-9-10-16-12-14(15)2/h9-10,12H,3-8,11,13H2,1-2H3. The van der Waals surface area contributed by atoms with Gasteiger partial charge in [0.1, 0.15) is 0 Å². The van der Waals surface area contributed by atoms with Gasteiger partial charge in [0, 0.05) is 18.1 Å². The molecular formula is C15H25NS. The lowest BCUT2D eigenvalue weighted by Crippen LogP contribution is -1.89. The second kappa shape index (κ2) is 9.52. The Morgan fingerprint density at radius 3 is 2.65 bits per heavy atom. The fourth-order valence-electron chi connectivity index (χ4n) is 1.83. The van der Waals surface area contributed by atoms with Crippen LogP contribution in [0.4, 0.5) is 0 Å². The lowest BCUT2D eigenvalue weighted by molar-refractivity contribution is 0.627. The molecular weight excluding hydrogens is 226 g/mol. The molecule has 0 unspecified atom stereocenters. The monoisotopic (exact) mass is 251 g/mol. The molecule has 0 spiro atoms. The van der Waals surface area contributed by atoms with Crippen molar-refractivity contribution >= 4 is 11.8 Å². The van der Waals surface area contributed by atoms with E-state index in [4.69, 9.17) is 0 Å². The van der Waals surface area contributed by atoms with E-state index in [1.165, 1.54) is 55.4 Å². The summed E-state index contributed by atoms with van der Waals surface area (Å²) in [6, 6.07) is 2.14. The Morgan fingerprint density at radius 1 is 1.12 bits per heavy atom. The van der Waals surface area contributed by atoms with Crippen LogP contribution >= 0.6 is 11.8 Å². The maximum absolute atomic E-state index is 4.12. The fraction of sp³-hybridized carbons (Fsp3) is 0.667. The van der Waals surface area contributed by atoms with Crippen molar-refractivity contribution in [1.29, 1.82) is 0 Å². The molecule has 0 aliphatic rings. The molecule has 0 aliphatic heterocycles. The summed E-state index contributed by atoms with van der Waals surface area (Å²) in [5.74, 6) is 2.44. The molecule has 0 radical (unpaired) electrons. The van der Waals surface area contributed by atoms with E-state index in [2.05, 4.69) is 36.7 Å². The maximum atomic E-state index is 4.12. The highest BCUT2D eigenvalue weighted by Gasteiger charge is 1.97. The second-order valence-electron chi connectivity index (χ2n) is 4.62. The SMILES string of the molecule is CCCCCCCCSCc1ccncc1C. The summed E-state index contributed by atoms with van der Waals surface area (Å²) in [5.41, 5.74) is 2.76. The lowest BCUT2D eigenvalue weighted by Gasteiger charge is -2.04. The molecule has 0 N–H and O–H groups in total. The zero-order chi connectivity index (χ0) is 12.3. The van der Waals surface area contributed by atoms with Crippen LogP contribution in [0.5, 0.6) is 0 Å². The topological polar surface area (TPSA) is 12.9 Å². The molecule has 0 fully saturated rings. The van der Waals surface area contributed by atoms with Crippen molar-refractivity contribution in [2.75, 3.05) is 5.75 Å². The molecule has 0 bridgehead atoms. The predicted octanol–water partition coefficient (Wildman–Crippen LogP) is 4.98. The minimum Gasteiger partial charge on any atom is -0.264 e. The first kappa shape index (κ1) is 14.6. The number of rotatable bonds is 9. The first-order valence-corrected chi connectivity index (χ1v) is 7.97. The molecule has 1 aromatic heterocycles. The van der Waals surface area contributed by atoms with Gasteiger partial charge in [-0.15, -0.1) is 0 Å². The third-order valence-electron chi connectivity index (χ3n) is 3.04. The maximum Gasteiger partial charge on any atom is 0.0300 e. The Bertz CT molecular complexity index is 299. The Labute approximate surface area is 110 Å². The molecule has 1 nitrogen and oxygen atoms in total. The van der Waals surface area contributed by atoms with Gasteiger partial charge in [-0.3, -0.25) is 4.98 Å². The third kappa shape index (κ3) is 6.72. The lowest BCUT2D eigenvalue weighted by atomic mass is 10.1. The van der Waals surface area contributed by atoms with Crippen molar-refractivity contribution in [3.63, 3.8) is 0 Å². The molecule has 2 heteroatoms. The molecule has 0 aromatic carbocycles. The van der Waals surface area contributed by atoms with E-state index >= 15 is 0 Å². The minimum atomic E-state index is 1.14. The van der Waals surface area contributed by atoms with Crippen molar-refractivity contribution < 1.29 is 0 Å². The van der Waals surface area contributed by atoms with Gasteiger partial charge in [-0.1, -0.05) is 39.0 Å². The summed E-state index contributed by atoms with van der Waals surface area (Å²) in [7, 11) is 0. The first-order valence-electron chi connectivity index (χ1n) is 6.82. The number of pyridine rings is 1. The Morgan fingerprint density at radius 2 is 1.88 bits per heavy atom. The van der Waals surface area contributed by atoms with Crippen LogP contribution in [0.15, 0.2) is 18.5 Å². The van der Waals surface area contributed by atoms with E-state index < -0.39 is 0 Å². The smallest absolute Gasteiger partial charge is 0.0300 e. The van der Waals surface area contributed by atoms with Gasteiger partial charge < -0.3 is 0 Å². The van der Waals surface area contributed by atoms with Gasteiger partial charge in [0.15, 0.2) is 0 Å². The van der Waals surface area contributed by atoms with Crippen molar-refractivity contribution in [1.82, 2.24) is 4.98 Å². The number of hydrogen-bond donors (Lipinski definition) is 0. The molecule has 0 atom stereocenters. The average Bonchev–Trinajstić information content (AvgIpc) is 2.35. The van der Waals surface area contributed by atoms with E-state index in [0.29, 0.717) is 0 Å². The summed E-state index contributed by atoms with van der Waals surface area (Å²) in [4.78, 5) is 4.12. The highest BCUT2D eigenvalue weighted by molar-refractivity contribution is 7.98. The first-order chi connectivity index (χ1) is 8.34. The number of unbranched alkanes of at least 4 members (excludes halogenated alkanes) is 5. The summed E-state index contributed by atoms with van der Waals surface area (Å²) >= 11 is 2.06.